The summed E-state index contributed by atoms with van der Waals surface area (Å²) in [5.74, 6) is 0. The summed E-state index contributed by atoms with van der Waals surface area (Å²) in [4.78, 5) is 0.214. The highest BCUT2D eigenvalue weighted by molar-refractivity contribution is 7.89. The van der Waals surface area contributed by atoms with Crippen molar-refractivity contribution in [1.82, 2.24) is 14.9 Å². The molecule has 1 aromatic heterocycles. The van der Waals surface area contributed by atoms with Crippen LogP contribution in [0, 0.1) is 13.8 Å². The van der Waals surface area contributed by atoms with E-state index in [0.717, 1.165) is 0 Å². The van der Waals surface area contributed by atoms with E-state index in [1.807, 2.05) is 0 Å². The van der Waals surface area contributed by atoms with Crippen molar-refractivity contribution in [2.24, 2.45) is 5.73 Å². The molecule has 0 bridgehead atoms. The lowest BCUT2D eigenvalue weighted by molar-refractivity contribution is 0.581. The van der Waals surface area contributed by atoms with Gasteiger partial charge in [-0.3, -0.25) is 5.10 Å². The average Bonchev–Trinajstić information content (AvgIpc) is 2.43. The summed E-state index contributed by atoms with van der Waals surface area (Å²) in [6.45, 7) is 3.80. The molecule has 0 atom stereocenters. The monoisotopic (exact) mass is 218 g/mol. The molecule has 0 fully saturated rings. The van der Waals surface area contributed by atoms with Gasteiger partial charge in [0.15, 0.2) is 0 Å². The maximum Gasteiger partial charge on any atom is 0.244 e. The Morgan fingerprint density at radius 2 is 2.14 bits per heavy atom. The first-order chi connectivity index (χ1) is 6.49. The molecule has 0 saturated heterocycles. The lowest BCUT2D eigenvalue weighted by Crippen LogP contribution is -2.29. The van der Waals surface area contributed by atoms with E-state index in [0.29, 0.717) is 11.4 Å². The summed E-state index contributed by atoms with van der Waals surface area (Å²) >= 11 is 0. The van der Waals surface area contributed by atoms with Crippen LogP contribution in [0.25, 0.3) is 0 Å². The standard InChI is InChI=1S/C7H14N4O2S/c1-5-7(6(2)11-10-5)14(12,13)9-4-3-8/h9H,3-4,8H2,1-2H3,(H,10,11). The zero-order valence-electron chi connectivity index (χ0n) is 8.16. The molecule has 0 unspecified atom stereocenters. The maximum absolute atomic E-state index is 11.7. The number of aryl methyl sites for hydroxylation is 2. The second-order valence-corrected chi connectivity index (χ2v) is 4.65. The van der Waals surface area contributed by atoms with Crippen molar-refractivity contribution >= 4 is 10.0 Å². The molecule has 0 aromatic carbocycles. The Labute approximate surface area is 82.9 Å². The second kappa shape index (κ2) is 4.07. The van der Waals surface area contributed by atoms with Gasteiger partial charge >= 0.3 is 0 Å². The SMILES string of the molecule is Cc1n[nH]c(C)c1S(=O)(=O)NCCN. The third kappa shape index (κ3) is 2.11. The lowest BCUT2D eigenvalue weighted by atomic mass is 10.4. The van der Waals surface area contributed by atoms with Gasteiger partial charge in [-0.1, -0.05) is 0 Å². The Kier molecular flexibility index (Phi) is 3.25. The summed E-state index contributed by atoms with van der Waals surface area (Å²) in [7, 11) is -3.46. The molecule has 0 aliphatic rings. The molecular weight excluding hydrogens is 204 g/mol. The van der Waals surface area contributed by atoms with Gasteiger partial charge < -0.3 is 5.73 Å². The Morgan fingerprint density at radius 1 is 1.50 bits per heavy atom. The fraction of sp³-hybridized carbons (Fsp3) is 0.571. The third-order valence-corrected chi connectivity index (χ3v) is 3.49. The van der Waals surface area contributed by atoms with Crippen molar-refractivity contribution in [2.45, 2.75) is 18.7 Å². The molecule has 0 radical (unpaired) electrons. The summed E-state index contributed by atoms with van der Waals surface area (Å²) in [6, 6.07) is 0. The summed E-state index contributed by atoms with van der Waals surface area (Å²) in [5, 5.41) is 6.43. The molecule has 80 valence electrons. The second-order valence-electron chi connectivity index (χ2n) is 2.95. The van der Waals surface area contributed by atoms with Crippen LogP contribution in [-0.2, 0) is 10.0 Å². The van der Waals surface area contributed by atoms with Gasteiger partial charge in [-0.15, -0.1) is 0 Å². The van der Waals surface area contributed by atoms with Crippen molar-refractivity contribution < 1.29 is 8.42 Å². The van der Waals surface area contributed by atoms with Crippen LogP contribution >= 0.6 is 0 Å². The first-order valence-electron chi connectivity index (χ1n) is 4.20. The fourth-order valence-electron chi connectivity index (χ4n) is 1.20. The molecule has 4 N–H and O–H groups in total. The van der Waals surface area contributed by atoms with Crippen LogP contribution in [0.15, 0.2) is 4.90 Å². The van der Waals surface area contributed by atoms with Crippen LogP contribution < -0.4 is 10.5 Å². The van der Waals surface area contributed by atoms with Crippen LogP contribution in [0.3, 0.4) is 0 Å². The van der Waals surface area contributed by atoms with Crippen molar-refractivity contribution in [3.63, 3.8) is 0 Å². The smallest absolute Gasteiger partial charge is 0.244 e. The van der Waals surface area contributed by atoms with E-state index >= 15 is 0 Å². The lowest BCUT2D eigenvalue weighted by Gasteiger charge is -2.04. The number of nitrogens with zero attached hydrogens (tertiary/aromatic N) is 1. The van der Waals surface area contributed by atoms with E-state index in [1.54, 1.807) is 13.8 Å². The Balaban J connectivity index is 3.04. The molecule has 0 aliphatic carbocycles. The molecule has 0 spiro atoms. The number of nitrogens with one attached hydrogen (secondary N) is 2. The third-order valence-electron chi connectivity index (χ3n) is 1.77. The van der Waals surface area contributed by atoms with Crippen molar-refractivity contribution in [3.05, 3.63) is 11.4 Å². The van der Waals surface area contributed by atoms with Crippen LogP contribution in [0.5, 0.6) is 0 Å². The van der Waals surface area contributed by atoms with E-state index in [4.69, 9.17) is 5.73 Å². The summed E-state index contributed by atoms with van der Waals surface area (Å²) in [5.41, 5.74) is 6.21. The van der Waals surface area contributed by atoms with Gasteiger partial charge in [0.05, 0.1) is 11.4 Å². The van der Waals surface area contributed by atoms with Gasteiger partial charge in [0.25, 0.3) is 0 Å². The highest BCUT2D eigenvalue weighted by Gasteiger charge is 2.20. The number of rotatable bonds is 4. The van der Waals surface area contributed by atoms with E-state index in [-0.39, 0.29) is 18.0 Å². The minimum atomic E-state index is -3.46. The molecular formula is C7H14N4O2S. The largest absolute Gasteiger partial charge is 0.329 e. The van der Waals surface area contributed by atoms with Gasteiger partial charge in [0, 0.05) is 13.1 Å². The van der Waals surface area contributed by atoms with E-state index < -0.39 is 10.0 Å². The molecule has 0 saturated carbocycles. The number of nitrogens with two attached hydrogens (primary N) is 1. The highest BCUT2D eigenvalue weighted by atomic mass is 32.2. The molecule has 0 aliphatic heterocycles. The number of aromatic amines is 1. The normalized spacial score (nSPS) is 11.9. The molecule has 1 aromatic rings. The summed E-state index contributed by atoms with van der Waals surface area (Å²) < 4.78 is 25.7. The van der Waals surface area contributed by atoms with Crippen molar-refractivity contribution in [3.8, 4) is 0 Å². The van der Waals surface area contributed by atoms with Gasteiger partial charge in [-0.25, -0.2) is 13.1 Å². The van der Waals surface area contributed by atoms with Crippen LogP contribution in [0.1, 0.15) is 11.4 Å². The number of hydrogen-bond donors (Lipinski definition) is 3. The Bertz CT molecular complexity index is 390. The van der Waals surface area contributed by atoms with Crippen molar-refractivity contribution in [1.29, 1.82) is 0 Å². The molecule has 14 heavy (non-hydrogen) atoms. The predicted octanol–water partition coefficient (Wildman–Crippen LogP) is -0.736. The van der Waals surface area contributed by atoms with E-state index in [2.05, 4.69) is 14.9 Å². The highest BCUT2D eigenvalue weighted by Crippen LogP contribution is 2.15. The maximum atomic E-state index is 11.7. The number of hydrogen-bond acceptors (Lipinski definition) is 4. The van der Waals surface area contributed by atoms with Gasteiger partial charge in [-0.05, 0) is 13.8 Å². The number of sulfonamides is 1. The zero-order valence-corrected chi connectivity index (χ0v) is 8.98. The summed E-state index contributed by atoms with van der Waals surface area (Å²) in [6.07, 6.45) is 0. The minimum absolute atomic E-state index is 0.214. The van der Waals surface area contributed by atoms with Gasteiger partial charge in [0.1, 0.15) is 4.90 Å². The quantitative estimate of drug-likeness (QED) is 0.619. The van der Waals surface area contributed by atoms with Gasteiger partial charge in [-0.2, -0.15) is 5.10 Å². The predicted molar refractivity (Wildman–Crippen MR) is 52.3 cm³/mol. The fourth-order valence-corrected chi connectivity index (χ4v) is 2.62. The molecule has 7 heteroatoms. The molecule has 0 amide bonds. The Hall–Kier alpha value is -0.920. The first kappa shape index (κ1) is 11.2. The van der Waals surface area contributed by atoms with Crippen LogP contribution in [0.2, 0.25) is 0 Å². The average molecular weight is 218 g/mol. The van der Waals surface area contributed by atoms with Crippen molar-refractivity contribution in [2.75, 3.05) is 13.1 Å². The van der Waals surface area contributed by atoms with E-state index in [9.17, 15) is 8.42 Å². The van der Waals surface area contributed by atoms with E-state index in [1.165, 1.54) is 0 Å². The molecule has 1 heterocycles. The Morgan fingerprint density at radius 3 is 2.57 bits per heavy atom. The van der Waals surface area contributed by atoms with Crippen LogP contribution in [-0.4, -0.2) is 31.7 Å². The molecule has 6 nitrogen and oxygen atoms in total. The molecule has 1 rings (SSSR count). The minimum Gasteiger partial charge on any atom is -0.329 e. The van der Waals surface area contributed by atoms with Crippen LogP contribution in [0.4, 0.5) is 0 Å². The number of aromatic nitrogens is 2. The first-order valence-corrected chi connectivity index (χ1v) is 5.68. The topological polar surface area (TPSA) is 101 Å². The van der Waals surface area contributed by atoms with Gasteiger partial charge in [0.2, 0.25) is 10.0 Å². The number of H-pyrrole nitrogens is 1. The zero-order chi connectivity index (χ0) is 10.8.